The largest absolute Gasteiger partial charge is 0.495 e. The molecular formula is C24H23F3N6O4. The minimum Gasteiger partial charge on any atom is -0.495 e. The van der Waals surface area contributed by atoms with Gasteiger partial charge in [0.2, 0.25) is 0 Å². The molecule has 4 aromatic rings. The number of aliphatic hydroxyl groups is 1. The Morgan fingerprint density at radius 1 is 1.27 bits per heavy atom. The molecule has 3 aromatic heterocycles. The number of rotatable bonds is 8. The van der Waals surface area contributed by atoms with E-state index in [2.05, 4.69) is 25.5 Å². The molecule has 10 nitrogen and oxygen atoms in total. The van der Waals surface area contributed by atoms with Gasteiger partial charge in [0.05, 0.1) is 48.3 Å². The van der Waals surface area contributed by atoms with E-state index >= 15 is 0 Å². The second-order valence-corrected chi connectivity index (χ2v) is 8.01. The molecule has 0 spiro atoms. The van der Waals surface area contributed by atoms with E-state index in [1.165, 1.54) is 32.6 Å². The number of carbonyl (C=O) groups excluding carboxylic acids is 1. The van der Waals surface area contributed by atoms with E-state index in [0.717, 1.165) is 6.20 Å². The molecule has 1 aromatic carbocycles. The number of para-hydroxylation sites is 1. The van der Waals surface area contributed by atoms with E-state index in [1.54, 1.807) is 25.1 Å². The van der Waals surface area contributed by atoms with Crippen molar-refractivity contribution in [2.45, 2.75) is 32.7 Å². The van der Waals surface area contributed by atoms with Crippen LogP contribution in [-0.4, -0.2) is 55.7 Å². The van der Waals surface area contributed by atoms with Gasteiger partial charge in [0.15, 0.2) is 11.5 Å². The van der Waals surface area contributed by atoms with Crippen LogP contribution < -0.4 is 10.1 Å². The average molecular weight is 516 g/mol. The summed E-state index contributed by atoms with van der Waals surface area (Å²) in [7, 11) is 1.37. The second kappa shape index (κ2) is 10.4. The quantitative estimate of drug-likeness (QED) is 0.362. The van der Waals surface area contributed by atoms with Gasteiger partial charge >= 0.3 is 6.18 Å². The normalized spacial score (nSPS) is 12.4. The Balaban J connectivity index is 2.00. The third-order valence-corrected chi connectivity index (χ3v) is 5.38. The Bertz CT molecular complexity index is 1400. The number of aromatic nitrogens is 5. The number of ether oxygens (including phenoxy) is 1. The number of halogens is 3. The van der Waals surface area contributed by atoms with Gasteiger partial charge in [-0.15, -0.1) is 0 Å². The van der Waals surface area contributed by atoms with Crippen molar-refractivity contribution in [3.8, 4) is 39.6 Å². The molecule has 4 rings (SSSR count). The molecule has 3 heterocycles. The van der Waals surface area contributed by atoms with Crippen molar-refractivity contribution in [2.24, 2.45) is 0 Å². The van der Waals surface area contributed by atoms with Gasteiger partial charge in [0.1, 0.15) is 17.8 Å². The summed E-state index contributed by atoms with van der Waals surface area (Å²) < 4.78 is 54.3. The Morgan fingerprint density at radius 2 is 2.05 bits per heavy atom. The van der Waals surface area contributed by atoms with Gasteiger partial charge in [0.25, 0.3) is 5.91 Å². The molecule has 1 unspecified atom stereocenters. The van der Waals surface area contributed by atoms with Crippen LogP contribution in [0.25, 0.3) is 33.8 Å². The van der Waals surface area contributed by atoms with Crippen molar-refractivity contribution < 1.29 is 32.3 Å². The summed E-state index contributed by atoms with van der Waals surface area (Å²) in [5, 5.41) is 20.3. The van der Waals surface area contributed by atoms with Crippen molar-refractivity contribution in [1.29, 1.82) is 0 Å². The van der Waals surface area contributed by atoms with Crippen LogP contribution in [0.1, 0.15) is 29.9 Å². The maximum atomic E-state index is 14.2. The lowest BCUT2D eigenvalue weighted by atomic mass is 9.97. The van der Waals surface area contributed by atoms with Crippen molar-refractivity contribution in [3.05, 3.63) is 54.2 Å². The van der Waals surface area contributed by atoms with Crippen LogP contribution in [0.3, 0.4) is 0 Å². The first kappa shape index (κ1) is 25.8. The first-order valence-electron chi connectivity index (χ1n) is 11.2. The third-order valence-electron chi connectivity index (χ3n) is 5.38. The zero-order valence-corrected chi connectivity index (χ0v) is 20.1. The van der Waals surface area contributed by atoms with Crippen LogP contribution in [0.15, 0.2) is 47.5 Å². The molecule has 2 N–H and O–H groups in total. The van der Waals surface area contributed by atoms with E-state index in [0.29, 0.717) is 16.8 Å². The smallest absolute Gasteiger partial charge is 0.433 e. The van der Waals surface area contributed by atoms with E-state index in [-0.39, 0.29) is 46.1 Å². The Hall–Kier alpha value is -4.26. The molecular weight excluding hydrogens is 493 g/mol. The second-order valence-electron chi connectivity index (χ2n) is 8.01. The summed E-state index contributed by atoms with van der Waals surface area (Å²) >= 11 is 0. The highest BCUT2D eigenvalue weighted by Gasteiger charge is 2.41. The van der Waals surface area contributed by atoms with E-state index in [4.69, 9.17) is 9.26 Å². The maximum Gasteiger partial charge on any atom is 0.433 e. The number of carbonyl (C=O) groups is 1. The van der Waals surface area contributed by atoms with E-state index in [9.17, 15) is 23.1 Å². The van der Waals surface area contributed by atoms with Crippen LogP contribution in [0.5, 0.6) is 5.75 Å². The lowest BCUT2D eigenvalue weighted by molar-refractivity contribution is -0.144. The predicted molar refractivity (Wildman–Crippen MR) is 125 cm³/mol. The predicted octanol–water partition coefficient (Wildman–Crippen LogP) is 3.82. The molecule has 37 heavy (non-hydrogen) atoms. The molecule has 0 aliphatic carbocycles. The van der Waals surface area contributed by atoms with Gasteiger partial charge in [-0.2, -0.15) is 18.3 Å². The Labute approximate surface area is 209 Å². The number of alkyl halides is 3. The average Bonchev–Trinajstić information content (AvgIpc) is 3.48. The van der Waals surface area contributed by atoms with Crippen LogP contribution in [0.4, 0.5) is 13.2 Å². The van der Waals surface area contributed by atoms with Crippen molar-refractivity contribution in [2.75, 3.05) is 13.7 Å². The number of nitrogens with zero attached hydrogens (tertiary/aromatic N) is 5. The van der Waals surface area contributed by atoms with Crippen LogP contribution in [-0.2, 0) is 12.7 Å². The molecule has 0 saturated heterocycles. The van der Waals surface area contributed by atoms with Crippen molar-refractivity contribution in [3.63, 3.8) is 0 Å². The third kappa shape index (κ3) is 5.03. The Morgan fingerprint density at radius 3 is 2.68 bits per heavy atom. The monoisotopic (exact) mass is 516 g/mol. The SMILES string of the molecule is CCNC(=O)c1cccc(-c2noc(-c3cnn(CC(C)O)c3C(F)(F)F)c2-c2ccncn2)c1OC. The minimum atomic E-state index is -4.83. The molecule has 0 aliphatic heterocycles. The highest BCUT2D eigenvalue weighted by atomic mass is 19.4. The number of hydrogen-bond acceptors (Lipinski definition) is 8. The number of amides is 1. The number of methoxy groups -OCH3 is 1. The number of aliphatic hydroxyl groups excluding tert-OH is 1. The van der Waals surface area contributed by atoms with Gasteiger partial charge in [-0.3, -0.25) is 9.48 Å². The molecule has 1 atom stereocenters. The summed E-state index contributed by atoms with van der Waals surface area (Å²) in [6.07, 6.45) is -2.25. The summed E-state index contributed by atoms with van der Waals surface area (Å²) in [6, 6.07) is 6.26. The van der Waals surface area contributed by atoms with Crippen LogP contribution in [0.2, 0.25) is 0 Å². The summed E-state index contributed by atoms with van der Waals surface area (Å²) in [6.45, 7) is 3.11. The minimum absolute atomic E-state index is 0.105. The van der Waals surface area contributed by atoms with Gasteiger partial charge in [0, 0.05) is 18.3 Å². The van der Waals surface area contributed by atoms with Crippen molar-refractivity contribution in [1.82, 2.24) is 30.2 Å². The van der Waals surface area contributed by atoms with E-state index < -0.39 is 23.9 Å². The molecule has 0 bridgehead atoms. The first-order chi connectivity index (χ1) is 17.7. The van der Waals surface area contributed by atoms with Gasteiger partial charge in [-0.1, -0.05) is 11.2 Å². The molecule has 194 valence electrons. The fraction of sp³-hybridized carbons (Fsp3) is 0.292. The van der Waals surface area contributed by atoms with E-state index in [1.807, 2.05) is 0 Å². The zero-order chi connectivity index (χ0) is 26.7. The molecule has 0 aliphatic rings. The number of benzene rings is 1. The van der Waals surface area contributed by atoms with Crippen LogP contribution in [0, 0.1) is 0 Å². The van der Waals surface area contributed by atoms with Gasteiger partial charge < -0.3 is 19.7 Å². The highest BCUT2D eigenvalue weighted by Crippen LogP contribution is 2.46. The van der Waals surface area contributed by atoms with Crippen molar-refractivity contribution >= 4 is 5.91 Å². The highest BCUT2D eigenvalue weighted by molar-refractivity contribution is 6.01. The first-order valence-corrected chi connectivity index (χ1v) is 11.2. The lowest BCUT2D eigenvalue weighted by Crippen LogP contribution is -2.23. The standard InChI is InChI=1S/C24H23F3N6O4/c1-4-29-23(35)15-7-5-6-14(20(15)36-3)19-18(17-8-9-28-12-30-17)21(37-32-19)16-10-31-33(11-13(2)34)22(16)24(25,26)27/h5-10,12-13,34H,4,11H2,1-3H3,(H,29,35). The summed E-state index contributed by atoms with van der Waals surface area (Å²) in [5.41, 5.74) is -0.540. The van der Waals surface area contributed by atoms with Crippen LogP contribution >= 0.6 is 0 Å². The molecule has 0 fully saturated rings. The molecule has 0 radical (unpaired) electrons. The lowest BCUT2D eigenvalue weighted by Gasteiger charge is -2.14. The fourth-order valence-corrected chi connectivity index (χ4v) is 3.95. The molecule has 13 heteroatoms. The number of nitrogens with one attached hydrogen (secondary N) is 1. The number of hydrogen-bond donors (Lipinski definition) is 2. The van der Waals surface area contributed by atoms with Gasteiger partial charge in [-0.05, 0) is 32.0 Å². The Kier molecular flexibility index (Phi) is 7.25. The summed E-state index contributed by atoms with van der Waals surface area (Å²) in [5.74, 6) is -0.486. The zero-order valence-electron chi connectivity index (χ0n) is 20.1. The molecule has 0 saturated carbocycles. The fourth-order valence-electron chi connectivity index (χ4n) is 3.95. The summed E-state index contributed by atoms with van der Waals surface area (Å²) in [4.78, 5) is 20.7. The molecule has 1 amide bonds. The van der Waals surface area contributed by atoms with Gasteiger partial charge in [-0.25, -0.2) is 9.97 Å². The maximum absolute atomic E-state index is 14.2. The topological polar surface area (TPSA) is 128 Å².